The molecule has 5 heteroatoms. The van der Waals surface area contributed by atoms with Gasteiger partial charge in [-0.05, 0) is 44.4 Å². The van der Waals surface area contributed by atoms with Crippen LogP contribution in [-0.2, 0) is 17.8 Å². The van der Waals surface area contributed by atoms with Crippen molar-refractivity contribution < 1.29 is 4.79 Å². The lowest BCUT2D eigenvalue weighted by Crippen LogP contribution is -2.42. The zero-order chi connectivity index (χ0) is 16.1. The molecule has 128 valence electrons. The molecule has 2 aliphatic rings. The number of nitrogens with zero attached hydrogens (tertiary/aromatic N) is 4. The molecule has 1 aromatic rings. The molecule has 1 aliphatic heterocycles. The first kappa shape index (κ1) is 16.5. The van der Waals surface area contributed by atoms with Crippen LogP contribution in [0.3, 0.4) is 0 Å². The van der Waals surface area contributed by atoms with Gasteiger partial charge in [-0.15, -0.1) is 5.10 Å². The standard InChI is InChI=1S/C18H30N4O/c1-2-3-8-17-14-22(20-19-17)13-15-9-11-21(12-10-15)18(23)16-6-4-5-7-16/h14-16H,2-13H2,1H3. The van der Waals surface area contributed by atoms with E-state index >= 15 is 0 Å². The molecule has 23 heavy (non-hydrogen) atoms. The first-order valence-electron chi connectivity index (χ1n) is 9.44. The number of aromatic nitrogens is 3. The van der Waals surface area contributed by atoms with Gasteiger partial charge in [0.25, 0.3) is 0 Å². The Morgan fingerprint density at radius 1 is 1.22 bits per heavy atom. The molecule has 1 aromatic heterocycles. The van der Waals surface area contributed by atoms with Gasteiger partial charge in [-0.3, -0.25) is 9.48 Å². The van der Waals surface area contributed by atoms with Gasteiger partial charge in [-0.1, -0.05) is 31.4 Å². The van der Waals surface area contributed by atoms with E-state index in [1.165, 1.54) is 25.7 Å². The number of hydrogen-bond donors (Lipinski definition) is 0. The van der Waals surface area contributed by atoms with Crippen molar-refractivity contribution in [2.75, 3.05) is 13.1 Å². The zero-order valence-electron chi connectivity index (χ0n) is 14.4. The van der Waals surface area contributed by atoms with Gasteiger partial charge < -0.3 is 4.90 Å². The fraction of sp³-hybridized carbons (Fsp3) is 0.833. The van der Waals surface area contributed by atoms with Crippen LogP contribution in [0.4, 0.5) is 0 Å². The molecule has 2 fully saturated rings. The minimum atomic E-state index is 0.322. The summed E-state index contributed by atoms with van der Waals surface area (Å²) in [5.41, 5.74) is 1.11. The summed E-state index contributed by atoms with van der Waals surface area (Å²) in [6, 6.07) is 0. The fourth-order valence-electron chi connectivity index (χ4n) is 3.93. The van der Waals surface area contributed by atoms with Crippen molar-refractivity contribution in [1.29, 1.82) is 0 Å². The highest BCUT2D eigenvalue weighted by molar-refractivity contribution is 5.79. The Morgan fingerprint density at radius 2 is 1.96 bits per heavy atom. The van der Waals surface area contributed by atoms with E-state index in [1.807, 2.05) is 4.68 Å². The van der Waals surface area contributed by atoms with Crippen LogP contribution in [0.2, 0.25) is 0 Å². The van der Waals surface area contributed by atoms with Gasteiger partial charge in [0.05, 0.1) is 5.69 Å². The van der Waals surface area contributed by atoms with E-state index in [2.05, 4.69) is 28.3 Å². The van der Waals surface area contributed by atoms with Crippen molar-refractivity contribution in [2.24, 2.45) is 11.8 Å². The summed E-state index contributed by atoms with van der Waals surface area (Å²) in [5, 5.41) is 8.53. The molecule has 3 rings (SSSR count). The minimum absolute atomic E-state index is 0.322. The minimum Gasteiger partial charge on any atom is -0.342 e. The molecular formula is C18H30N4O. The normalized spacial score (nSPS) is 20.3. The lowest BCUT2D eigenvalue weighted by molar-refractivity contribution is -0.136. The maximum atomic E-state index is 12.5. The van der Waals surface area contributed by atoms with Crippen LogP contribution in [0, 0.1) is 11.8 Å². The maximum absolute atomic E-state index is 12.5. The van der Waals surface area contributed by atoms with E-state index in [0.717, 1.165) is 57.4 Å². The number of unbranched alkanes of at least 4 members (excludes halogenated alkanes) is 1. The van der Waals surface area contributed by atoms with Gasteiger partial charge in [0.15, 0.2) is 0 Å². The Labute approximate surface area is 139 Å². The van der Waals surface area contributed by atoms with Gasteiger partial charge >= 0.3 is 0 Å². The van der Waals surface area contributed by atoms with Crippen LogP contribution in [0.15, 0.2) is 6.20 Å². The third kappa shape index (κ3) is 4.33. The molecule has 0 aromatic carbocycles. The molecule has 1 saturated heterocycles. The summed E-state index contributed by atoms with van der Waals surface area (Å²) in [5.74, 6) is 1.37. The van der Waals surface area contributed by atoms with Crippen molar-refractivity contribution in [1.82, 2.24) is 19.9 Å². The molecule has 2 heterocycles. The van der Waals surface area contributed by atoms with Crippen LogP contribution in [-0.4, -0.2) is 38.9 Å². The molecule has 5 nitrogen and oxygen atoms in total. The summed E-state index contributed by atoms with van der Waals surface area (Å²) in [7, 11) is 0. The summed E-state index contributed by atoms with van der Waals surface area (Å²) < 4.78 is 2.00. The van der Waals surface area contributed by atoms with Crippen molar-refractivity contribution in [3.63, 3.8) is 0 Å². The van der Waals surface area contributed by atoms with Crippen LogP contribution in [0.25, 0.3) is 0 Å². The molecule has 0 unspecified atom stereocenters. The Hall–Kier alpha value is -1.39. The Bertz CT molecular complexity index is 499. The second-order valence-corrected chi connectivity index (χ2v) is 7.29. The van der Waals surface area contributed by atoms with E-state index in [4.69, 9.17) is 0 Å². The van der Waals surface area contributed by atoms with Gasteiger partial charge in [0.2, 0.25) is 5.91 Å². The molecule has 0 radical (unpaired) electrons. The number of aryl methyl sites for hydroxylation is 1. The molecule has 1 amide bonds. The Balaban J connectivity index is 1.43. The van der Waals surface area contributed by atoms with Crippen LogP contribution >= 0.6 is 0 Å². The quantitative estimate of drug-likeness (QED) is 0.810. The number of likely N-dealkylation sites (tertiary alicyclic amines) is 1. The summed E-state index contributed by atoms with van der Waals surface area (Å²) in [4.78, 5) is 14.6. The van der Waals surface area contributed by atoms with Crippen LogP contribution in [0.1, 0.15) is 64.0 Å². The van der Waals surface area contributed by atoms with Crippen molar-refractivity contribution in [3.05, 3.63) is 11.9 Å². The molecule has 0 N–H and O–H groups in total. The number of carbonyl (C=O) groups excluding carboxylic acids is 1. The first-order valence-corrected chi connectivity index (χ1v) is 9.44. The van der Waals surface area contributed by atoms with E-state index in [1.54, 1.807) is 0 Å². The fourth-order valence-corrected chi connectivity index (χ4v) is 3.93. The highest BCUT2D eigenvalue weighted by Crippen LogP contribution is 2.28. The third-order valence-corrected chi connectivity index (χ3v) is 5.45. The lowest BCUT2D eigenvalue weighted by atomic mass is 9.95. The van der Waals surface area contributed by atoms with Gasteiger partial charge in [0.1, 0.15) is 0 Å². The Morgan fingerprint density at radius 3 is 2.65 bits per heavy atom. The predicted octanol–water partition coefficient (Wildman–Crippen LogP) is 3.05. The van der Waals surface area contributed by atoms with Crippen molar-refractivity contribution >= 4 is 5.91 Å². The average Bonchev–Trinajstić information content (AvgIpc) is 3.25. The predicted molar refractivity (Wildman–Crippen MR) is 89.9 cm³/mol. The summed E-state index contributed by atoms with van der Waals surface area (Å²) in [6.45, 7) is 5.00. The second kappa shape index (κ2) is 7.93. The van der Waals surface area contributed by atoms with E-state index < -0.39 is 0 Å². The van der Waals surface area contributed by atoms with Gasteiger partial charge in [-0.25, -0.2) is 0 Å². The number of rotatable bonds is 6. The van der Waals surface area contributed by atoms with Crippen LogP contribution in [0.5, 0.6) is 0 Å². The average molecular weight is 318 g/mol. The first-order chi connectivity index (χ1) is 11.3. The molecule has 1 aliphatic carbocycles. The molecule has 0 bridgehead atoms. The molecule has 0 atom stereocenters. The SMILES string of the molecule is CCCCc1cn(CC2CCN(C(=O)C3CCCC3)CC2)nn1. The van der Waals surface area contributed by atoms with Crippen molar-refractivity contribution in [2.45, 2.75) is 71.3 Å². The smallest absolute Gasteiger partial charge is 0.225 e. The van der Waals surface area contributed by atoms with Gasteiger partial charge in [-0.2, -0.15) is 0 Å². The highest BCUT2D eigenvalue weighted by Gasteiger charge is 2.30. The highest BCUT2D eigenvalue weighted by atomic mass is 16.2. The topological polar surface area (TPSA) is 51.0 Å². The lowest BCUT2D eigenvalue weighted by Gasteiger charge is -2.33. The third-order valence-electron chi connectivity index (χ3n) is 5.45. The number of amides is 1. The number of hydrogen-bond acceptors (Lipinski definition) is 3. The van der Waals surface area contributed by atoms with E-state index in [0.29, 0.717) is 17.7 Å². The molecule has 1 saturated carbocycles. The molecule has 0 spiro atoms. The van der Waals surface area contributed by atoms with Crippen molar-refractivity contribution in [3.8, 4) is 0 Å². The monoisotopic (exact) mass is 318 g/mol. The Kier molecular flexibility index (Phi) is 5.68. The molecular weight excluding hydrogens is 288 g/mol. The number of piperidine rings is 1. The van der Waals surface area contributed by atoms with Crippen LogP contribution < -0.4 is 0 Å². The summed E-state index contributed by atoms with van der Waals surface area (Å²) in [6.07, 6.45) is 12.4. The summed E-state index contributed by atoms with van der Waals surface area (Å²) >= 11 is 0. The number of carbonyl (C=O) groups is 1. The second-order valence-electron chi connectivity index (χ2n) is 7.29. The largest absolute Gasteiger partial charge is 0.342 e. The van der Waals surface area contributed by atoms with E-state index in [9.17, 15) is 4.79 Å². The van der Waals surface area contributed by atoms with E-state index in [-0.39, 0.29) is 0 Å². The zero-order valence-corrected chi connectivity index (χ0v) is 14.4. The maximum Gasteiger partial charge on any atom is 0.225 e. The van der Waals surface area contributed by atoms with Gasteiger partial charge in [0, 0.05) is 31.7 Å².